The Hall–Kier alpha value is -0.960. The molecule has 1 aromatic rings. The quantitative estimate of drug-likeness (QED) is 0.555. The summed E-state index contributed by atoms with van der Waals surface area (Å²) in [5.74, 6) is 0. The van der Waals surface area contributed by atoms with Gasteiger partial charge in [-0.3, -0.25) is 0 Å². The van der Waals surface area contributed by atoms with E-state index in [1.165, 1.54) is 12.3 Å². The lowest BCUT2D eigenvalue weighted by Gasteiger charge is -2.23. The van der Waals surface area contributed by atoms with Gasteiger partial charge < -0.3 is 35.2 Å². The summed E-state index contributed by atoms with van der Waals surface area (Å²) in [5.41, 5.74) is 0.0607. The first-order chi connectivity index (χ1) is 7.61. The second-order valence-corrected chi connectivity index (χ2v) is 3.75. The average Bonchev–Trinajstić information content (AvgIpc) is 2.83. The summed E-state index contributed by atoms with van der Waals surface area (Å²) in [6, 6.07) is 1.40. The summed E-state index contributed by atoms with van der Waals surface area (Å²) in [6.45, 7) is -0.258. The van der Waals surface area contributed by atoms with Crippen LogP contribution in [-0.4, -0.2) is 33.6 Å². The summed E-state index contributed by atoms with van der Waals surface area (Å²) < 4.78 is 6.90. The molecule has 7 nitrogen and oxygen atoms in total. The third-order valence-electron chi connectivity index (χ3n) is 2.67. The van der Waals surface area contributed by atoms with Crippen LogP contribution in [0.25, 0.3) is 0 Å². The molecule has 90 valence electrons. The van der Waals surface area contributed by atoms with Crippen molar-refractivity contribution in [3.05, 3.63) is 28.9 Å². The monoisotopic (exact) mass is 229 g/mol. The predicted octanol–water partition coefficient (Wildman–Crippen LogP) is -1.36. The van der Waals surface area contributed by atoms with Crippen molar-refractivity contribution in [1.29, 1.82) is 0 Å². The zero-order valence-corrected chi connectivity index (χ0v) is 8.44. The molecule has 2 heterocycles. The summed E-state index contributed by atoms with van der Waals surface area (Å²) >= 11 is 0. The number of aromatic nitrogens is 1. The number of rotatable bonds is 3. The molecule has 3 unspecified atom stereocenters. The lowest BCUT2D eigenvalue weighted by Crippen LogP contribution is -2.96. The minimum absolute atomic E-state index is 0.0607. The number of quaternary nitrogens is 1. The first-order valence-corrected chi connectivity index (χ1v) is 4.95. The normalized spacial score (nSPS) is 30.2. The van der Waals surface area contributed by atoms with Crippen molar-refractivity contribution in [2.45, 2.75) is 24.9 Å². The molecule has 1 saturated heterocycles. The first kappa shape index (κ1) is 11.5. The average molecular weight is 229 g/mol. The predicted molar refractivity (Wildman–Crippen MR) is 53.4 cm³/mol. The Balaban J connectivity index is 2.08. The van der Waals surface area contributed by atoms with E-state index in [0.717, 1.165) is 0 Å². The van der Waals surface area contributed by atoms with Gasteiger partial charge in [0, 0.05) is 18.7 Å². The van der Waals surface area contributed by atoms with E-state index in [4.69, 9.17) is 9.84 Å². The maximum absolute atomic E-state index is 10.6. The van der Waals surface area contributed by atoms with Crippen LogP contribution < -0.4 is 5.23 Å². The number of hydrogen-bond donors (Lipinski definition) is 3. The number of aliphatic hydroxyl groups is 2. The second-order valence-electron chi connectivity index (χ2n) is 3.75. The molecule has 7 heteroatoms. The smallest absolute Gasteiger partial charge is 0.149 e. The van der Waals surface area contributed by atoms with Gasteiger partial charge in [-0.05, 0) is 0 Å². The van der Waals surface area contributed by atoms with E-state index in [0.29, 0.717) is 6.42 Å². The molecule has 3 atom stereocenters. The Morgan fingerprint density at radius 1 is 1.56 bits per heavy atom. The second kappa shape index (κ2) is 4.50. The fraction of sp³-hybridized carbons (Fsp3) is 0.556. The number of hydrogen-bond acceptors (Lipinski definition) is 5. The van der Waals surface area contributed by atoms with Crippen LogP contribution in [0.4, 0.5) is 5.69 Å². The van der Waals surface area contributed by atoms with E-state index >= 15 is 0 Å². The molecule has 1 fully saturated rings. The third kappa shape index (κ3) is 2.09. The molecule has 1 aliphatic rings. The minimum Gasteiger partial charge on any atom is -0.628 e. The maximum Gasteiger partial charge on any atom is 0.149 e. The lowest BCUT2D eigenvalue weighted by molar-refractivity contribution is -0.715. The summed E-state index contributed by atoms with van der Waals surface area (Å²) in [4.78, 5) is 0. The number of ether oxygens (including phenoxy) is 1. The van der Waals surface area contributed by atoms with Crippen LogP contribution in [0.3, 0.4) is 0 Å². The number of nitrogens with zero attached hydrogens (tertiary/aromatic N) is 1. The molecule has 0 aliphatic carbocycles. The van der Waals surface area contributed by atoms with Crippen molar-refractivity contribution in [1.82, 2.24) is 4.57 Å². The van der Waals surface area contributed by atoms with Gasteiger partial charge >= 0.3 is 0 Å². The van der Waals surface area contributed by atoms with Gasteiger partial charge in [-0.2, -0.15) is 0 Å². The van der Waals surface area contributed by atoms with Crippen LogP contribution in [0, 0.1) is 10.4 Å². The molecule has 0 amide bonds. The summed E-state index contributed by atoms with van der Waals surface area (Å²) in [7, 11) is 0. The van der Waals surface area contributed by atoms with Gasteiger partial charge in [-0.1, -0.05) is 0 Å². The highest BCUT2D eigenvalue weighted by atomic mass is 16.8. The highest BCUT2D eigenvalue weighted by Gasteiger charge is 2.34. The van der Waals surface area contributed by atoms with E-state index < -0.39 is 23.7 Å². The first-order valence-electron chi connectivity index (χ1n) is 4.95. The Morgan fingerprint density at radius 3 is 2.81 bits per heavy atom. The van der Waals surface area contributed by atoms with Gasteiger partial charge in [0.1, 0.15) is 18.0 Å². The fourth-order valence-corrected chi connectivity index (χ4v) is 1.78. The van der Waals surface area contributed by atoms with Crippen molar-refractivity contribution >= 4 is 5.69 Å². The van der Waals surface area contributed by atoms with Gasteiger partial charge in [0.25, 0.3) is 0 Å². The zero-order valence-electron chi connectivity index (χ0n) is 8.44. The van der Waals surface area contributed by atoms with E-state index in [9.17, 15) is 15.5 Å². The van der Waals surface area contributed by atoms with Crippen molar-refractivity contribution in [2.75, 3.05) is 6.61 Å². The molecule has 16 heavy (non-hydrogen) atoms. The largest absolute Gasteiger partial charge is 0.628 e. The molecule has 0 radical (unpaired) electrons. The lowest BCUT2D eigenvalue weighted by atomic mass is 10.2. The Kier molecular flexibility index (Phi) is 3.24. The highest BCUT2D eigenvalue weighted by molar-refractivity contribution is 5.26. The van der Waals surface area contributed by atoms with Crippen LogP contribution >= 0.6 is 0 Å². The molecular weight excluding hydrogens is 216 g/mol. The van der Waals surface area contributed by atoms with E-state index in [-0.39, 0.29) is 12.3 Å². The number of nitrogens with one attached hydrogen (secondary N) is 1. The fourth-order valence-electron chi connectivity index (χ4n) is 1.78. The van der Waals surface area contributed by atoms with Crippen LogP contribution in [0.15, 0.2) is 18.5 Å². The summed E-state index contributed by atoms with van der Waals surface area (Å²) in [5, 5.41) is 38.3. The van der Waals surface area contributed by atoms with Gasteiger partial charge in [-0.15, -0.1) is 0 Å². The van der Waals surface area contributed by atoms with Crippen LogP contribution in [-0.2, 0) is 4.74 Å². The van der Waals surface area contributed by atoms with Crippen molar-refractivity contribution in [3.8, 4) is 0 Å². The van der Waals surface area contributed by atoms with E-state index in [1.807, 2.05) is 0 Å². The highest BCUT2D eigenvalue weighted by Crippen LogP contribution is 2.29. The third-order valence-corrected chi connectivity index (χ3v) is 2.67. The maximum atomic E-state index is 10.6. The van der Waals surface area contributed by atoms with E-state index in [2.05, 4.69) is 0 Å². The molecule has 0 spiro atoms. The molecule has 0 saturated carbocycles. The molecule has 3 N–H and O–H groups in total. The molecular formula is C9H13N2O5-. The Labute approximate surface area is 91.6 Å². The Bertz CT molecular complexity index is 353. The molecule has 1 aromatic heterocycles. The standard InChI is InChI=1S/C9H13N2O5/c12-5-8-7(13)3-9(16-8)10-2-1-6(4-10)11(14)15/h1-2,4,7-9,11-13H,3,5H2/q-1. The molecule has 1 aliphatic heterocycles. The van der Waals surface area contributed by atoms with E-state index in [1.54, 1.807) is 10.8 Å². The molecule has 2 rings (SSSR count). The van der Waals surface area contributed by atoms with Gasteiger partial charge in [0.2, 0.25) is 0 Å². The zero-order chi connectivity index (χ0) is 11.7. The van der Waals surface area contributed by atoms with Crippen molar-refractivity contribution < 1.29 is 20.2 Å². The van der Waals surface area contributed by atoms with Crippen LogP contribution in [0.5, 0.6) is 0 Å². The van der Waals surface area contributed by atoms with Gasteiger partial charge in [0.15, 0.2) is 0 Å². The topological polar surface area (TPSA) is 105 Å². The molecule has 0 bridgehead atoms. The minimum atomic E-state index is -1.25. The Morgan fingerprint density at radius 2 is 2.31 bits per heavy atom. The van der Waals surface area contributed by atoms with Crippen molar-refractivity contribution in [2.24, 2.45) is 0 Å². The number of aliphatic hydroxyl groups excluding tert-OH is 2. The summed E-state index contributed by atoms with van der Waals surface area (Å²) in [6.07, 6.45) is 1.46. The molecule has 0 aromatic carbocycles. The van der Waals surface area contributed by atoms with Crippen LogP contribution in [0.2, 0.25) is 0 Å². The van der Waals surface area contributed by atoms with Gasteiger partial charge in [0.05, 0.1) is 18.9 Å². The van der Waals surface area contributed by atoms with Crippen molar-refractivity contribution in [3.63, 3.8) is 0 Å². The van der Waals surface area contributed by atoms with Crippen LogP contribution in [0.1, 0.15) is 12.6 Å². The van der Waals surface area contributed by atoms with Gasteiger partial charge in [-0.25, -0.2) is 0 Å². The SMILES string of the molecule is [O-][NH+]([O-])c1ccn(C2CC(O)C(CO)O2)c1.